The van der Waals surface area contributed by atoms with Crippen molar-refractivity contribution < 1.29 is 18.0 Å². The second-order valence-corrected chi connectivity index (χ2v) is 4.71. The summed E-state index contributed by atoms with van der Waals surface area (Å²) in [4.78, 5) is 13.1. The van der Waals surface area contributed by atoms with Crippen molar-refractivity contribution in [2.75, 3.05) is 11.4 Å². The number of fused-ring (bicyclic) bond motifs is 1. The molecule has 1 amide bonds. The first-order chi connectivity index (χ1) is 8.87. The number of amides is 1. The second-order valence-electron chi connectivity index (χ2n) is 4.71. The minimum absolute atomic E-state index is 0.0513. The average molecular weight is 272 g/mol. The van der Waals surface area contributed by atoms with Crippen molar-refractivity contribution in [2.45, 2.75) is 32.1 Å². The maximum atomic E-state index is 12.4. The van der Waals surface area contributed by atoms with E-state index in [9.17, 15) is 18.0 Å². The Hall–Kier alpha value is -1.56. The Bertz CT molecular complexity index is 473. The standard InChI is InChI=1S/C13H15F3N2O/c1-9-8-18(12(19)6-13(14,15)16)11-5-3-2-4-10(11)7-17-9/h2-5,9,17H,6-8H2,1H3. The lowest BCUT2D eigenvalue weighted by Crippen LogP contribution is -2.41. The molecule has 3 nitrogen and oxygen atoms in total. The molecule has 2 rings (SSSR count). The number of nitrogens with zero attached hydrogens (tertiary/aromatic N) is 1. The van der Waals surface area contributed by atoms with E-state index in [2.05, 4.69) is 5.32 Å². The molecule has 104 valence electrons. The van der Waals surface area contributed by atoms with E-state index in [1.54, 1.807) is 12.1 Å². The maximum Gasteiger partial charge on any atom is 0.397 e. The van der Waals surface area contributed by atoms with Crippen molar-refractivity contribution in [1.29, 1.82) is 0 Å². The Morgan fingerprint density at radius 2 is 2.11 bits per heavy atom. The average Bonchev–Trinajstić information content (AvgIpc) is 2.47. The third-order valence-corrected chi connectivity index (χ3v) is 3.03. The van der Waals surface area contributed by atoms with Crippen LogP contribution in [0.3, 0.4) is 0 Å². The summed E-state index contributed by atoms with van der Waals surface area (Å²) in [6, 6.07) is 6.98. The summed E-state index contributed by atoms with van der Waals surface area (Å²) >= 11 is 0. The smallest absolute Gasteiger partial charge is 0.310 e. The first kappa shape index (κ1) is 13.9. The molecule has 1 aliphatic rings. The molecule has 0 bridgehead atoms. The third-order valence-electron chi connectivity index (χ3n) is 3.03. The van der Waals surface area contributed by atoms with Crippen LogP contribution in [0.25, 0.3) is 0 Å². The maximum absolute atomic E-state index is 12.4. The lowest BCUT2D eigenvalue weighted by molar-refractivity contribution is -0.151. The topological polar surface area (TPSA) is 32.3 Å². The quantitative estimate of drug-likeness (QED) is 0.851. The summed E-state index contributed by atoms with van der Waals surface area (Å²) in [5.41, 5.74) is 1.40. The Morgan fingerprint density at radius 3 is 2.79 bits per heavy atom. The molecular weight excluding hydrogens is 257 g/mol. The molecule has 0 saturated heterocycles. The molecule has 0 aliphatic carbocycles. The molecule has 1 heterocycles. The number of carbonyl (C=O) groups is 1. The van der Waals surface area contributed by atoms with Crippen LogP contribution in [-0.4, -0.2) is 24.7 Å². The first-order valence-corrected chi connectivity index (χ1v) is 6.05. The summed E-state index contributed by atoms with van der Waals surface area (Å²) in [6.45, 7) is 2.64. The number of hydrogen-bond acceptors (Lipinski definition) is 2. The van der Waals surface area contributed by atoms with Crippen LogP contribution in [0.4, 0.5) is 18.9 Å². The van der Waals surface area contributed by atoms with E-state index in [1.807, 2.05) is 19.1 Å². The molecule has 1 aromatic rings. The minimum atomic E-state index is -4.48. The van der Waals surface area contributed by atoms with Gasteiger partial charge in [0.1, 0.15) is 6.42 Å². The van der Waals surface area contributed by atoms with Gasteiger partial charge in [0.15, 0.2) is 0 Å². The second kappa shape index (κ2) is 5.21. The fraction of sp³-hybridized carbons (Fsp3) is 0.462. The van der Waals surface area contributed by atoms with Crippen molar-refractivity contribution in [1.82, 2.24) is 5.32 Å². The summed E-state index contributed by atoms with van der Waals surface area (Å²) in [6.07, 6.45) is -5.90. The van der Waals surface area contributed by atoms with Gasteiger partial charge < -0.3 is 10.2 Å². The Balaban J connectivity index is 2.29. The van der Waals surface area contributed by atoms with Gasteiger partial charge in [-0.3, -0.25) is 4.79 Å². The molecule has 1 aromatic carbocycles. The van der Waals surface area contributed by atoms with Crippen LogP contribution in [0.15, 0.2) is 24.3 Å². The monoisotopic (exact) mass is 272 g/mol. The van der Waals surface area contributed by atoms with Crippen LogP contribution in [0, 0.1) is 0 Å². The lowest BCUT2D eigenvalue weighted by atomic mass is 10.1. The van der Waals surface area contributed by atoms with Crippen LogP contribution in [0.1, 0.15) is 18.9 Å². The minimum Gasteiger partial charge on any atom is -0.310 e. The molecule has 1 aliphatic heterocycles. The van der Waals surface area contributed by atoms with Gasteiger partial charge in [-0.25, -0.2) is 0 Å². The molecule has 0 spiro atoms. The Morgan fingerprint density at radius 1 is 1.42 bits per heavy atom. The highest BCUT2D eigenvalue weighted by atomic mass is 19.4. The van der Waals surface area contributed by atoms with Gasteiger partial charge in [0.2, 0.25) is 5.91 Å². The van der Waals surface area contributed by atoms with Crippen molar-refractivity contribution in [3.8, 4) is 0 Å². The molecule has 0 radical (unpaired) electrons. The predicted molar refractivity (Wildman–Crippen MR) is 65.8 cm³/mol. The molecule has 0 saturated carbocycles. The van der Waals surface area contributed by atoms with Crippen molar-refractivity contribution in [3.05, 3.63) is 29.8 Å². The van der Waals surface area contributed by atoms with Gasteiger partial charge in [0.05, 0.1) is 0 Å². The summed E-state index contributed by atoms with van der Waals surface area (Å²) in [5, 5.41) is 3.17. The third kappa shape index (κ3) is 3.47. The van der Waals surface area contributed by atoms with Crippen LogP contribution < -0.4 is 10.2 Å². The highest BCUT2D eigenvalue weighted by molar-refractivity contribution is 5.94. The normalized spacial score (nSPS) is 19.8. The largest absolute Gasteiger partial charge is 0.397 e. The summed E-state index contributed by atoms with van der Waals surface area (Å²) in [7, 11) is 0. The van der Waals surface area contributed by atoms with Gasteiger partial charge in [-0.05, 0) is 18.6 Å². The zero-order chi connectivity index (χ0) is 14.0. The molecular formula is C13H15F3N2O. The van der Waals surface area contributed by atoms with Crippen molar-refractivity contribution in [3.63, 3.8) is 0 Å². The van der Waals surface area contributed by atoms with E-state index in [0.717, 1.165) is 5.56 Å². The fourth-order valence-electron chi connectivity index (χ4n) is 2.15. The number of halogens is 3. The molecule has 1 atom stereocenters. The zero-order valence-corrected chi connectivity index (χ0v) is 10.5. The van der Waals surface area contributed by atoms with Crippen LogP contribution >= 0.6 is 0 Å². The Kier molecular flexibility index (Phi) is 3.80. The van der Waals surface area contributed by atoms with E-state index in [0.29, 0.717) is 12.2 Å². The summed E-state index contributed by atoms with van der Waals surface area (Å²) in [5.74, 6) is -0.907. The fourth-order valence-corrected chi connectivity index (χ4v) is 2.15. The van der Waals surface area contributed by atoms with Crippen molar-refractivity contribution >= 4 is 11.6 Å². The van der Waals surface area contributed by atoms with Gasteiger partial charge in [-0.1, -0.05) is 18.2 Å². The number of hydrogen-bond donors (Lipinski definition) is 1. The number of anilines is 1. The van der Waals surface area contributed by atoms with Crippen LogP contribution in [0.2, 0.25) is 0 Å². The van der Waals surface area contributed by atoms with Gasteiger partial charge in [0.25, 0.3) is 0 Å². The Labute approximate surface area is 109 Å². The van der Waals surface area contributed by atoms with Crippen LogP contribution in [0.5, 0.6) is 0 Å². The SMILES string of the molecule is CC1CN(C(=O)CC(F)(F)F)c2ccccc2CN1. The molecule has 6 heteroatoms. The number of alkyl halides is 3. The van der Waals surface area contributed by atoms with E-state index >= 15 is 0 Å². The van der Waals surface area contributed by atoms with Gasteiger partial charge >= 0.3 is 6.18 Å². The molecule has 1 unspecified atom stereocenters. The van der Waals surface area contributed by atoms with E-state index < -0.39 is 18.5 Å². The number of para-hydroxylation sites is 1. The van der Waals surface area contributed by atoms with Crippen molar-refractivity contribution in [2.24, 2.45) is 0 Å². The zero-order valence-electron chi connectivity index (χ0n) is 10.5. The van der Waals surface area contributed by atoms with E-state index in [1.165, 1.54) is 4.90 Å². The van der Waals surface area contributed by atoms with E-state index in [-0.39, 0.29) is 12.6 Å². The molecule has 0 aromatic heterocycles. The van der Waals surface area contributed by atoms with Gasteiger partial charge in [-0.15, -0.1) is 0 Å². The number of benzene rings is 1. The molecule has 1 N–H and O–H groups in total. The highest BCUT2D eigenvalue weighted by Crippen LogP contribution is 2.27. The van der Waals surface area contributed by atoms with E-state index in [4.69, 9.17) is 0 Å². The highest BCUT2D eigenvalue weighted by Gasteiger charge is 2.35. The molecule has 0 fully saturated rings. The predicted octanol–water partition coefficient (Wildman–Crippen LogP) is 2.46. The summed E-state index contributed by atoms with van der Waals surface area (Å²) < 4.78 is 37.1. The van der Waals surface area contributed by atoms with Crippen LogP contribution in [-0.2, 0) is 11.3 Å². The van der Waals surface area contributed by atoms with Gasteiger partial charge in [-0.2, -0.15) is 13.2 Å². The van der Waals surface area contributed by atoms with Gasteiger partial charge in [0, 0.05) is 24.8 Å². The lowest BCUT2D eigenvalue weighted by Gasteiger charge is -2.25. The number of carbonyl (C=O) groups excluding carboxylic acids is 1. The first-order valence-electron chi connectivity index (χ1n) is 6.05. The number of rotatable bonds is 1. The number of nitrogens with one attached hydrogen (secondary N) is 1. The molecule has 19 heavy (non-hydrogen) atoms.